The number of esters is 2. The van der Waals surface area contributed by atoms with Gasteiger partial charge in [0, 0.05) is 19.3 Å². The van der Waals surface area contributed by atoms with Gasteiger partial charge in [-0.25, -0.2) is 0 Å². The predicted molar refractivity (Wildman–Crippen MR) is 125 cm³/mol. The highest BCUT2D eigenvalue weighted by atomic mass is 35.5. The molecule has 8 heteroatoms. The highest BCUT2D eigenvalue weighted by Gasteiger charge is 2.23. The van der Waals surface area contributed by atoms with Gasteiger partial charge in [-0.3, -0.25) is 9.59 Å². The highest BCUT2D eigenvalue weighted by molar-refractivity contribution is 6.18. The van der Waals surface area contributed by atoms with Gasteiger partial charge < -0.3 is 24.1 Å². The second-order valence-electron chi connectivity index (χ2n) is 8.14. The number of aliphatic hydroxyl groups excluding tert-OH is 1. The maximum Gasteiger partial charge on any atom is 0.303 e. The van der Waals surface area contributed by atoms with Crippen LogP contribution in [-0.4, -0.2) is 55.0 Å². The van der Waals surface area contributed by atoms with Gasteiger partial charge in [0.2, 0.25) is 0 Å². The van der Waals surface area contributed by atoms with Crippen molar-refractivity contribution >= 4 is 23.5 Å². The number of carbonyl (C=O) groups excluding carboxylic acids is 2. The van der Waals surface area contributed by atoms with Crippen LogP contribution < -0.4 is 9.47 Å². The fraction of sp³-hybridized carbons (Fsp3) is 0.440. The fourth-order valence-electron chi connectivity index (χ4n) is 3.09. The summed E-state index contributed by atoms with van der Waals surface area (Å²) in [5, 5.41) is 9.52. The van der Waals surface area contributed by atoms with Gasteiger partial charge in [-0.15, -0.1) is 11.6 Å². The Morgan fingerprint density at radius 2 is 1.33 bits per heavy atom. The van der Waals surface area contributed by atoms with Crippen molar-refractivity contribution < 1.29 is 33.6 Å². The van der Waals surface area contributed by atoms with Crippen molar-refractivity contribution in [2.75, 3.05) is 25.7 Å². The minimum Gasteiger partial charge on any atom is -0.491 e. The average molecular weight is 479 g/mol. The zero-order valence-corrected chi connectivity index (χ0v) is 20.1. The Kier molecular flexibility index (Phi) is 10.0. The largest absolute Gasteiger partial charge is 0.491 e. The SMILES string of the molecule is CC(=O)OC[C@@H](COc1ccc(C(C)(C)c2ccc(OC[C@H](O)CCl)cc2)cc1)OC(C)=O. The van der Waals surface area contributed by atoms with Crippen LogP contribution in [0.15, 0.2) is 48.5 Å². The molecule has 0 aliphatic rings. The number of hydrogen-bond acceptors (Lipinski definition) is 7. The third-order valence-corrected chi connectivity index (χ3v) is 5.37. The van der Waals surface area contributed by atoms with Crippen LogP contribution in [-0.2, 0) is 24.5 Å². The number of rotatable bonds is 12. The van der Waals surface area contributed by atoms with E-state index in [0.717, 1.165) is 11.1 Å². The second kappa shape index (κ2) is 12.5. The standard InChI is InChI=1S/C25H31ClO7/c1-17(27)30-15-24(33-18(2)28)16-32-23-11-7-20(8-12-23)25(3,4)19-5-9-22(10-6-19)31-14-21(29)13-26/h5-12,21,24,29H,13-16H2,1-4H3/t21-,24+/m1/s1. The Morgan fingerprint density at radius 3 is 1.76 bits per heavy atom. The second-order valence-corrected chi connectivity index (χ2v) is 8.45. The summed E-state index contributed by atoms with van der Waals surface area (Å²) in [4.78, 5) is 22.3. The summed E-state index contributed by atoms with van der Waals surface area (Å²) in [6, 6.07) is 15.4. The lowest BCUT2D eigenvalue weighted by Crippen LogP contribution is -2.29. The average Bonchev–Trinajstić information content (AvgIpc) is 2.79. The molecular formula is C25H31ClO7. The van der Waals surface area contributed by atoms with Crippen LogP contribution >= 0.6 is 11.6 Å². The summed E-state index contributed by atoms with van der Waals surface area (Å²) in [6.07, 6.45) is -1.39. The van der Waals surface area contributed by atoms with Crippen LogP contribution in [0.3, 0.4) is 0 Å². The summed E-state index contributed by atoms with van der Waals surface area (Å²) in [5.41, 5.74) is 1.90. The molecule has 2 rings (SSSR count). The van der Waals surface area contributed by atoms with E-state index in [2.05, 4.69) is 13.8 Å². The zero-order valence-electron chi connectivity index (χ0n) is 19.4. The summed E-state index contributed by atoms with van der Waals surface area (Å²) in [7, 11) is 0. The van der Waals surface area contributed by atoms with Crippen LogP contribution in [0.2, 0.25) is 0 Å². The molecule has 33 heavy (non-hydrogen) atoms. The summed E-state index contributed by atoms with van der Waals surface area (Å²) >= 11 is 5.59. The Morgan fingerprint density at radius 1 is 0.848 bits per heavy atom. The smallest absolute Gasteiger partial charge is 0.303 e. The Hall–Kier alpha value is -2.77. The van der Waals surface area contributed by atoms with E-state index < -0.39 is 24.1 Å². The van der Waals surface area contributed by atoms with E-state index in [0.29, 0.717) is 11.5 Å². The molecular weight excluding hydrogens is 448 g/mol. The lowest BCUT2D eigenvalue weighted by atomic mass is 9.78. The van der Waals surface area contributed by atoms with Gasteiger partial charge in [0.25, 0.3) is 0 Å². The van der Waals surface area contributed by atoms with E-state index in [-0.39, 0.29) is 31.1 Å². The summed E-state index contributed by atoms with van der Waals surface area (Å²) < 4.78 is 21.3. The minimum absolute atomic E-state index is 0.0649. The van der Waals surface area contributed by atoms with Crippen LogP contribution in [0.4, 0.5) is 0 Å². The molecule has 0 saturated carbocycles. The first kappa shape index (κ1) is 26.5. The maximum absolute atomic E-state index is 11.3. The monoisotopic (exact) mass is 478 g/mol. The van der Waals surface area contributed by atoms with Crippen molar-refractivity contribution in [3.8, 4) is 11.5 Å². The van der Waals surface area contributed by atoms with Crippen LogP contribution in [0.1, 0.15) is 38.8 Å². The van der Waals surface area contributed by atoms with Crippen LogP contribution in [0, 0.1) is 0 Å². The van der Waals surface area contributed by atoms with Crippen LogP contribution in [0.25, 0.3) is 0 Å². The van der Waals surface area contributed by atoms with Crippen molar-refractivity contribution in [1.82, 2.24) is 0 Å². The van der Waals surface area contributed by atoms with Gasteiger partial charge in [0.15, 0.2) is 6.10 Å². The molecule has 0 saturated heterocycles. The first-order chi connectivity index (χ1) is 15.6. The van der Waals surface area contributed by atoms with Crippen molar-refractivity contribution in [3.63, 3.8) is 0 Å². The van der Waals surface area contributed by atoms with E-state index in [9.17, 15) is 14.7 Å². The normalized spacial score (nSPS) is 13.0. The maximum atomic E-state index is 11.3. The molecule has 0 amide bonds. The van der Waals surface area contributed by atoms with E-state index in [4.69, 9.17) is 30.5 Å². The van der Waals surface area contributed by atoms with Gasteiger partial charge in [0.1, 0.15) is 37.4 Å². The molecule has 2 aromatic rings. The number of alkyl halides is 1. The van der Waals surface area contributed by atoms with E-state index in [1.165, 1.54) is 13.8 Å². The van der Waals surface area contributed by atoms with Crippen molar-refractivity contribution in [2.45, 2.75) is 45.3 Å². The number of benzene rings is 2. The fourth-order valence-corrected chi connectivity index (χ4v) is 3.18. The molecule has 7 nitrogen and oxygen atoms in total. The number of aliphatic hydroxyl groups is 1. The van der Waals surface area contributed by atoms with Gasteiger partial charge in [-0.1, -0.05) is 38.1 Å². The minimum atomic E-state index is -0.700. The highest BCUT2D eigenvalue weighted by Crippen LogP contribution is 2.33. The first-order valence-electron chi connectivity index (χ1n) is 10.6. The molecule has 0 aliphatic carbocycles. The number of ether oxygens (including phenoxy) is 4. The Labute approximate surface area is 199 Å². The molecule has 2 atom stereocenters. The Bertz CT molecular complexity index is 894. The summed E-state index contributed by atoms with van der Waals surface area (Å²) in [5.74, 6) is 0.474. The van der Waals surface area contributed by atoms with E-state index >= 15 is 0 Å². The lowest BCUT2D eigenvalue weighted by molar-refractivity contribution is -0.158. The third-order valence-electron chi connectivity index (χ3n) is 5.01. The van der Waals surface area contributed by atoms with Crippen molar-refractivity contribution in [2.24, 2.45) is 0 Å². The third kappa shape index (κ3) is 8.59. The predicted octanol–water partition coefficient (Wildman–Crippen LogP) is 3.86. The summed E-state index contributed by atoms with van der Waals surface area (Å²) in [6.45, 7) is 6.96. The number of halogens is 1. The topological polar surface area (TPSA) is 91.3 Å². The molecule has 0 radical (unpaired) electrons. The molecule has 180 valence electrons. The molecule has 0 unspecified atom stereocenters. The van der Waals surface area contributed by atoms with Gasteiger partial charge in [-0.05, 0) is 35.4 Å². The lowest BCUT2D eigenvalue weighted by Gasteiger charge is -2.26. The quantitative estimate of drug-likeness (QED) is 0.366. The zero-order chi connectivity index (χ0) is 24.4. The number of carbonyl (C=O) groups is 2. The molecule has 0 bridgehead atoms. The molecule has 0 aromatic heterocycles. The van der Waals surface area contributed by atoms with E-state index in [1.54, 1.807) is 0 Å². The van der Waals surface area contributed by atoms with Gasteiger partial charge in [-0.2, -0.15) is 0 Å². The van der Waals surface area contributed by atoms with Crippen molar-refractivity contribution in [3.05, 3.63) is 59.7 Å². The molecule has 0 heterocycles. The van der Waals surface area contributed by atoms with Crippen LogP contribution in [0.5, 0.6) is 11.5 Å². The van der Waals surface area contributed by atoms with Gasteiger partial charge >= 0.3 is 11.9 Å². The Balaban J connectivity index is 2.00. The first-order valence-corrected chi connectivity index (χ1v) is 11.2. The van der Waals surface area contributed by atoms with Crippen molar-refractivity contribution in [1.29, 1.82) is 0 Å². The molecule has 0 aliphatic heterocycles. The van der Waals surface area contributed by atoms with E-state index in [1.807, 2.05) is 48.5 Å². The van der Waals surface area contributed by atoms with Gasteiger partial charge in [0.05, 0.1) is 5.88 Å². The molecule has 2 aromatic carbocycles. The molecule has 0 fully saturated rings. The molecule has 1 N–H and O–H groups in total. The number of hydrogen-bond donors (Lipinski definition) is 1. The molecule has 0 spiro atoms.